The van der Waals surface area contributed by atoms with Gasteiger partial charge in [-0.2, -0.15) is 0 Å². The standard InChI is InChI=1S/C37H39ClN2O5/c1-41-21-40-29-10-6-4-8-26(29)27-18-37(44-20-25-7-3-5-9-28(25)38)31-17-24-13-14-30(43-22-42-2)34-32(24)36(37,35(45-34)33(27)40)15-16-39(31)19-23-11-12-23/h3-10,13-14,23,31,35H,11-12,15-22H2,1-2H3/t31-,35+,36+,37-/m1/s1. The lowest BCUT2D eigenvalue weighted by Gasteiger charge is -2.64. The lowest BCUT2D eigenvalue weighted by atomic mass is 9.48. The topological polar surface area (TPSA) is 54.3 Å². The van der Waals surface area contributed by atoms with Crippen molar-refractivity contribution >= 4 is 22.5 Å². The van der Waals surface area contributed by atoms with Crippen LogP contribution in [0.2, 0.25) is 5.02 Å². The van der Waals surface area contributed by atoms with Gasteiger partial charge >= 0.3 is 0 Å². The number of hydrogen-bond donors (Lipinski definition) is 0. The predicted molar refractivity (Wildman–Crippen MR) is 172 cm³/mol. The van der Waals surface area contributed by atoms with Gasteiger partial charge in [-0.15, -0.1) is 0 Å². The van der Waals surface area contributed by atoms with E-state index in [4.69, 9.17) is 35.3 Å². The fraction of sp³-hybridized carbons (Fsp3) is 0.459. The minimum absolute atomic E-state index is 0.161. The zero-order valence-corrected chi connectivity index (χ0v) is 26.6. The van der Waals surface area contributed by atoms with Crippen molar-refractivity contribution in [2.75, 3.05) is 34.1 Å². The molecule has 3 aliphatic carbocycles. The average molecular weight is 627 g/mol. The second-order valence-corrected chi connectivity index (χ2v) is 13.9. The Morgan fingerprint density at radius 3 is 2.67 bits per heavy atom. The van der Waals surface area contributed by atoms with Crippen molar-refractivity contribution in [1.82, 2.24) is 9.47 Å². The van der Waals surface area contributed by atoms with Crippen molar-refractivity contribution in [3.8, 4) is 11.5 Å². The van der Waals surface area contributed by atoms with Crippen LogP contribution in [0.5, 0.6) is 11.5 Å². The van der Waals surface area contributed by atoms with Crippen molar-refractivity contribution < 1.29 is 23.7 Å². The first-order valence-electron chi connectivity index (χ1n) is 16.2. The Labute approximate surface area is 268 Å². The third-order valence-electron chi connectivity index (χ3n) is 11.3. The smallest absolute Gasteiger partial charge is 0.188 e. The van der Waals surface area contributed by atoms with E-state index in [1.54, 1.807) is 14.2 Å². The van der Waals surface area contributed by atoms with Crippen LogP contribution in [0.3, 0.4) is 0 Å². The lowest BCUT2D eigenvalue weighted by Crippen LogP contribution is -2.75. The highest BCUT2D eigenvalue weighted by atomic mass is 35.5. The molecule has 2 aliphatic heterocycles. The number of benzene rings is 3. The third-order valence-corrected chi connectivity index (χ3v) is 11.7. The number of fused-ring (bicyclic) bond motifs is 4. The van der Waals surface area contributed by atoms with Gasteiger partial charge in [0.1, 0.15) is 12.3 Å². The molecule has 0 unspecified atom stereocenters. The number of methoxy groups -OCH3 is 2. The molecule has 7 nitrogen and oxygen atoms in total. The second-order valence-electron chi connectivity index (χ2n) is 13.5. The van der Waals surface area contributed by atoms with Crippen LogP contribution in [-0.4, -0.2) is 55.2 Å². The molecule has 45 heavy (non-hydrogen) atoms. The van der Waals surface area contributed by atoms with Crippen molar-refractivity contribution in [2.45, 2.75) is 68.6 Å². The number of piperidine rings is 1. The average Bonchev–Trinajstić information content (AvgIpc) is 3.74. The van der Waals surface area contributed by atoms with Crippen molar-refractivity contribution in [3.63, 3.8) is 0 Å². The molecule has 1 saturated carbocycles. The number of aromatic nitrogens is 1. The fourth-order valence-corrected chi connectivity index (χ4v) is 9.55. The molecule has 8 heteroatoms. The summed E-state index contributed by atoms with van der Waals surface area (Å²) in [5.74, 6) is 2.35. The third kappa shape index (κ3) is 3.91. The van der Waals surface area contributed by atoms with E-state index >= 15 is 0 Å². The molecule has 1 spiro atoms. The molecule has 3 heterocycles. The normalized spacial score (nSPS) is 27.7. The molecule has 9 rings (SSSR count). The van der Waals surface area contributed by atoms with Crippen LogP contribution in [0, 0.1) is 5.92 Å². The van der Waals surface area contributed by atoms with Gasteiger partial charge in [-0.3, -0.25) is 4.90 Å². The highest BCUT2D eigenvalue weighted by Crippen LogP contribution is 2.70. The molecule has 0 N–H and O–H groups in total. The van der Waals surface area contributed by atoms with Gasteiger partial charge in [0, 0.05) is 49.2 Å². The lowest BCUT2D eigenvalue weighted by molar-refractivity contribution is -0.211. The van der Waals surface area contributed by atoms with Gasteiger partial charge in [0.2, 0.25) is 0 Å². The van der Waals surface area contributed by atoms with Gasteiger partial charge in [0.15, 0.2) is 24.4 Å². The molecular weight excluding hydrogens is 588 g/mol. The SMILES string of the molecule is COCOc1ccc2c3c1O[C@H]1c4c(c5ccccc5n4COC)C[C@@]4(OCc5ccccc5Cl)[C@@H](C2)N(CC2CC2)CC[C@]314. The Morgan fingerprint density at radius 2 is 1.84 bits per heavy atom. The molecule has 2 bridgehead atoms. The first-order valence-corrected chi connectivity index (χ1v) is 16.6. The minimum Gasteiger partial charge on any atom is -0.479 e. The largest absolute Gasteiger partial charge is 0.479 e. The summed E-state index contributed by atoms with van der Waals surface area (Å²) in [6.07, 6.45) is 5.02. The van der Waals surface area contributed by atoms with E-state index in [0.29, 0.717) is 13.3 Å². The van der Waals surface area contributed by atoms with E-state index < -0.39 is 11.0 Å². The van der Waals surface area contributed by atoms with Crippen molar-refractivity contribution in [3.05, 3.63) is 93.6 Å². The van der Waals surface area contributed by atoms with E-state index in [-0.39, 0.29) is 18.9 Å². The molecule has 4 aromatic rings. The van der Waals surface area contributed by atoms with E-state index in [1.807, 2.05) is 18.2 Å². The molecule has 0 radical (unpaired) electrons. The Morgan fingerprint density at radius 1 is 1.00 bits per heavy atom. The highest BCUT2D eigenvalue weighted by Gasteiger charge is 2.74. The summed E-state index contributed by atoms with van der Waals surface area (Å²) in [4.78, 5) is 2.77. The van der Waals surface area contributed by atoms with E-state index in [0.717, 1.165) is 60.4 Å². The molecule has 3 aromatic carbocycles. The zero-order valence-electron chi connectivity index (χ0n) is 25.9. The van der Waals surface area contributed by atoms with Gasteiger partial charge in [0.05, 0.1) is 23.2 Å². The van der Waals surface area contributed by atoms with Crippen molar-refractivity contribution in [2.24, 2.45) is 5.92 Å². The minimum atomic E-state index is -0.545. The number of rotatable bonds is 10. The van der Waals surface area contributed by atoms with Crippen LogP contribution in [0.25, 0.3) is 10.9 Å². The number of ether oxygens (including phenoxy) is 5. The monoisotopic (exact) mass is 626 g/mol. The molecule has 1 saturated heterocycles. The van der Waals surface area contributed by atoms with Crippen LogP contribution < -0.4 is 9.47 Å². The van der Waals surface area contributed by atoms with E-state index in [2.05, 4.69) is 51.9 Å². The summed E-state index contributed by atoms with van der Waals surface area (Å²) >= 11 is 6.77. The first-order chi connectivity index (χ1) is 22.1. The second kappa shape index (κ2) is 10.5. The quantitative estimate of drug-likeness (QED) is 0.180. The maximum Gasteiger partial charge on any atom is 0.188 e. The van der Waals surface area contributed by atoms with Crippen LogP contribution >= 0.6 is 11.6 Å². The molecule has 1 aromatic heterocycles. The van der Waals surface area contributed by atoms with Gasteiger partial charge in [0.25, 0.3) is 0 Å². The van der Waals surface area contributed by atoms with Crippen LogP contribution in [0.15, 0.2) is 60.7 Å². The predicted octanol–water partition coefficient (Wildman–Crippen LogP) is 6.80. The molecule has 234 valence electrons. The summed E-state index contributed by atoms with van der Waals surface area (Å²) in [6, 6.07) is 21.3. The Bertz CT molecular complexity index is 1800. The first kappa shape index (κ1) is 28.2. The van der Waals surface area contributed by atoms with E-state index in [9.17, 15) is 0 Å². The summed E-state index contributed by atoms with van der Waals surface area (Å²) in [5.41, 5.74) is 6.34. The van der Waals surface area contributed by atoms with Crippen LogP contribution in [0.4, 0.5) is 0 Å². The Kier molecular flexibility index (Phi) is 6.56. The summed E-state index contributed by atoms with van der Waals surface area (Å²) in [7, 11) is 3.42. The van der Waals surface area contributed by atoms with Crippen molar-refractivity contribution in [1.29, 1.82) is 0 Å². The number of hydrogen-bond acceptors (Lipinski definition) is 6. The van der Waals surface area contributed by atoms with Crippen LogP contribution in [0.1, 0.15) is 53.3 Å². The van der Waals surface area contributed by atoms with Gasteiger partial charge < -0.3 is 28.3 Å². The number of nitrogens with zero attached hydrogens (tertiary/aromatic N) is 2. The van der Waals surface area contributed by atoms with E-state index in [1.165, 1.54) is 46.1 Å². The maximum atomic E-state index is 7.58. The van der Waals surface area contributed by atoms with Crippen LogP contribution in [-0.2, 0) is 45.8 Å². The molecule has 4 atom stereocenters. The molecule has 0 amide bonds. The molecule has 2 fully saturated rings. The summed E-state index contributed by atoms with van der Waals surface area (Å²) < 4.78 is 34.6. The molecule has 5 aliphatic rings. The summed E-state index contributed by atoms with van der Waals surface area (Å²) in [6.45, 7) is 3.19. The highest BCUT2D eigenvalue weighted by molar-refractivity contribution is 6.31. The van der Waals surface area contributed by atoms with Gasteiger partial charge in [-0.1, -0.05) is 54.1 Å². The zero-order chi connectivity index (χ0) is 30.3. The summed E-state index contributed by atoms with van der Waals surface area (Å²) in [5, 5.41) is 1.99. The number of para-hydroxylation sites is 1. The van der Waals surface area contributed by atoms with Gasteiger partial charge in [-0.25, -0.2) is 0 Å². The molecular formula is C37H39ClN2O5. The number of likely N-dealkylation sites (tertiary alicyclic amines) is 1. The number of halogens is 1. The maximum absolute atomic E-state index is 7.58. The Balaban J connectivity index is 1.31. The Hall–Kier alpha value is -3.07. The van der Waals surface area contributed by atoms with Gasteiger partial charge in [-0.05, 0) is 73.0 Å². The fourth-order valence-electron chi connectivity index (χ4n) is 9.36.